The van der Waals surface area contributed by atoms with Crippen LogP contribution in [0.4, 0.5) is 0 Å². The molecule has 1 rings (SSSR count). The molecule has 1 fully saturated rings. The summed E-state index contributed by atoms with van der Waals surface area (Å²) in [5, 5.41) is 11.7. The number of methoxy groups -OCH3 is 1. The smallest absolute Gasteiger partial charge is 0.0802 e. The number of hydrogen-bond donors (Lipinski definition) is 1. The van der Waals surface area contributed by atoms with Crippen LogP contribution in [-0.2, 0) is 4.74 Å². The first kappa shape index (κ1) is 10.5. The second-order valence-electron chi connectivity index (χ2n) is 3.68. The fraction of sp³-hybridized carbons (Fsp3) is 0.900. The number of hydrogen-bond acceptors (Lipinski definition) is 3. The van der Waals surface area contributed by atoms with Crippen molar-refractivity contribution in [2.75, 3.05) is 20.2 Å². The molecule has 3 heteroatoms. The average Bonchev–Trinajstić information content (AvgIpc) is 2.09. The van der Waals surface area contributed by atoms with Crippen LogP contribution in [0.3, 0.4) is 0 Å². The lowest BCUT2D eigenvalue weighted by atomic mass is 9.80. The molecule has 1 aliphatic carbocycles. The quantitative estimate of drug-likeness (QED) is 0.632. The largest absolute Gasteiger partial charge is 0.377 e. The van der Waals surface area contributed by atoms with Crippen LogP contribution in [0.25, 0.3) is 0 Å². The maximum atomic E-state index is 8.33. The molecule has 0 atom stereocenters. The molecule has 13 heavy (non-hydrogen) atoms. The summed E-state index contributed by atoms with van der Waals surface area (Å²) in [6, 6.07) is 2.14. The monoisotopic (exact) mass is 182 g/mol. The summed E-state index contributed by atoms with van der Waals surface area (Å²) in [7, 11) is 1.79. The standard InChI is InChI=1S/C10H18N2O/c1-13-10(5-4-6-10)9-12-8-3-2-7-11/h12H,2-6,8-9H2,1H3. The molecule has 0 bridgehead atoms. The van der Waals surface area contributed by atoms with E-state index in [1.807, 2.05) is 0 Å². The van der Waals surface area contributed by atoms with Crippen LogP contribution in [0.15, 0.2) is 0 Å². The number of nitrogens with one attached hydrogen (secondary N) is 1. The first-order valence-electron chi connectivity index (χ1n) is 4.96. The van der Waals surface area contributed by atoms with Gasteiger partial charge in [0.1, 0.15) is 0 Å². The Morgan fingerprint density at radius 1 is 1.54 bits per heavy atom. The van der Waals surface area contributed by atoms with E-state index in [4.69, 9.17) is 10.00 Å². The van der Waals surface area contributed by atoms with Crippen molar-refractivity contribution in [1.29, 1.82) is 5.26 Å². The molecule has 0 spiro atoms. The first-order valence-corrected chi connectivity index (χ1v) is 4.96. The molecule has 0 radical (unpaired) electrons. The minimum Gasteiger partial charge on any atom is -0.377 e. The minimum atomic E-state index is 0.118. The van der Waals surface area contributed by atoms with Gasteiger partial charge in [0.05, 0.1) is 11.7 Å². The van der Waals surface area contributed by atoms with Gasteiger partial charge in [-0.2, -0.15) is 5.26 Å². The molecule has 0 amide bonds. The third-order valence-electron chi connectivity index (χ3n) is 2.79. The Kier molecular flexibility index (Phi) is 4.20. The zero-order valence-electron chi connectivity index (χ0n) is 8.31. The molecule has 1 saturated carbocycles. The van der Waals surface area contributed by atoms with Gasteiger partial charge >= 0.3 is 0 Å². The molecule has 0 unspecified atom stereocenters. The van der Waals surface area contributed by atoms with E-state index in [1.54, 1.807) is 7.11 Å². The molecular weight excluding hydrogens is 164 g/mol. The molecule has 1 N–H and O–H groups in total. The van der Waals surface area contributed by atoms with Crippen molar-refractivity contribution >= 4 is 0 Å². The molecule has 0 heterocycles. The zero-order chi connectivity index (χ0) is 9.57. The summed E-state index contributed by atoms with van der Waals surface area (Å²) in [6.07, 6.45) is 5.22. The van der Waals surface area contributed by atoms with E-state index in [1.165, 1.54) is 19.3 Å². The number of unbranched alkanes of at least 4 members (excludes halogenated alkanes) is 1. The normalized spacial score (nSPS) is 19.1. The van der Waals surface area contributed by atoms with Crippen LogP contribution in [0.1, 0.15) is 32.1 Å². The molecule has 1 aliphatic rings. The topological polar surface area (TPSA) is 45.0 Å². The van der Waals surface area contributed by atoms with Gasteiger partial charge in [0.25, 0.3) is 0 Å². The summed E-state index contributed by atoms with van der Waals surface area (Å²) >= 11 is 0. The maximum Gasteiger partial charge on any atom is 0.0802 e. The summed E-state index contributed by atoms with van der Waals surface area (Å²) in [4.78, 5) is 0. The van der Waals surface area contributed by atoms with Gasteiger partial charge in [-0.25, -0.2) is 0 Å². The van der Waals surface area contributed by atoms with Crippen molar-refractivity contribution in [3.63, 3.8) is 0 Å². The van der Waals surface area contributed by atoms with E-state index in [9.17, 15) is 0 Å². The Balaban J connectivity index is 2.01. The summed E-state index contributed by atoms with van der Waals surface area (Å²) < 4.78 is 5.45. The van der Waals surface area contributed by atoms with E-state index in [0.717, 1.165) is 19.5 Å². The minimum absolute atomic E-state index is 0.118. The van der Waals surface area contributed by atoms with Crippen molar-refractivity contribution in [3.8, 4) is 6.07 Å². The predicted molar refractivity (Wildman–Crippen MR) is 51.3 cm³/mol. The lowest BCUT2D eigenvalue weighted by Gasteiger charge is -2.40. The van der Waals surface area contributed by atoms with Gasteiger partial charge in [-0.15, -0.1) is 0 Å². The number of nitrogens with zero attached hydrogens (tertiary/aromatic N) is 1. The fourth-order valence-electron chi connectivity index (χ4n) is 1.63. The van der Waals surface area contributed by atoms with E-state index in [0.29, 0.717) is 6.42 Å². The third kappa shape index (κ3) is 2.98. The number of rotatable bonds is 6. The first-order chi connectivity index (χ1) is 6.33. The van der Waals surface area contributed by atoms with Gasteiger partial charge in [-0.05, 0) is 32.2 Å². The molecular formula is C10H18N2O. The van der Waals surface area contributed by atoms with Crippen LogP contribution in [0.5, 0.6) is 0 Å². The van der Waals surface area contributed by atoms with Crippen LogP contribution in [0.2, 0.25) is 0 Å². The second-order valence-corrected chi connectivity index (χ2v) is 3.68. The van der Waals surface area contributed by atoms with Crippen LogP contribution < -0.4 is 5.32 Å². The highest BCUT2D eigenvalue weighted by Gasteiger charge is 2.36. The Morgan fingerprint density at radius 2 is 2.31 bits per heavy atom. The van der Waals surface area contributed by atoms with Crippen molar-refractivity contribution in [3.05, 3.63) is 0 Å². The van der Waals surface area contributed by atoms with E-state index >= 15 is 0 Å². The zero-order valence-corrected chi connectivity index (χ0v) is 8.31. The summed E-state index contributed by atoms with van der Waals surface area (Å²) in [5.74, 6) is 0. The number of ether oxygens (including phenoxy) is 1. The van der Waals surface area contributed by atoms with Crippen molar-refractivity contribution in [2.24, 2.45) is 0 Å². The average molecular weight is 182 g/mol. The maximum absolute atomic E-state index is 8.33. The van der Waals surface area contributed by atoms with Crippen LogP contribution in [-0.4, -0.2) is 25.8 Å². The SMILES string of the molecule is COC1(CNCCCC#N)CCC1. The highest BCUT2D eigenvalue weighted by molar-refractivity contribution is 4.91. The second kappa shape index (κ2) is 5.21. The van der Waals surface area contributed by atoms with Crippen molar-refractivity contribution < 1.29 is 4.74 Å². The lowest BCUT2D eigenvalue weighted by Crippen LogP contribution is -2.48. The molecule has 0 saturated heterocycles. The third-order valence-corrected chi connectivity index (χ3v) is 2.79. The molecule has 74 valence electrons. The van der Waals surface area contributed by atoms with E-state index in [2.05, 4.69) is 11.4 Å². The van der Waals surface area contributed by atoms with E-state index < -0.39 is 0 Å². The molecule has 0 aromatic rings. The predicted octanol–water partition coefficient (Wildman–Crippen LogP) is 1.45. The lowest BCUT2D eigenvalue weighted by molar-refractivity contribution is -0.0692. The van der Waals surface area contributed by atoms with Gasteiger partial charge in [0.15, 0.2) is 0 Å². The Hall–Kier alpha value is -0.590. The van der Waals surface area contributed by atoms with E-state index in [-0.39, 0.29) is 5.60 Å². The van der Waals surface area contributed by atoms with Crippen LogP contribution in [0, 0.1) is 11.3 Å². The van der Waals surface area contributed by atoms with Crippen molar-refractivity contribution in [1.82, 2.24) is 5.32 Å². The van der Waals surface area contributed by atoms with Crippen LogP contribution >= 0.6 is 0 Å². The molecule has 0 aromatic carbocycles. The van der Waals surface area contributed by atoms with Crippen molar-refractivity contribution in [2.45, 2.75) is 37.7 Å². The summed E-state index contributed by atoms with van der Waals surface area (Å²) in [5.41, 5.74) is 0.118. The molecule has 0 aromatic heterocycles. The summed E-state index contributed by atoms with van der Waals surface area (Å²) in [6.45, 7) is 1.87. The fourth-order valence-corrected chi connectivity index (χ4v) is 1.63. The van der Waals surface area contributed by atoms with Gasteiger partial charge in [-0.1, -0.05) is 0 Å². The van der Waals surface area contributed by atoms with Gasteiger partial charge in [-0.3, -0.25) is 0 Å². The highest BCUT2D eigenvalue weighted by Crippen LogP contribution is 2.34. The Bertz CT molecular complexity index is 176. The van der Waals surface area contributed by atoms with Gasteiger partial charge in [0, 0.05) is 20.1 Å². The van der Waals surface area contributed by atoms with Gasteiger partial charge < -0.3 is 10.1 Å². The Labute approximate surface area is 80.1 Å². The molecule has 3 nitrogen and oxygen atoms in total. The van der Waals surface area contributed by atoms with Gasteiger partial charge in [0.2, 0.25) is 0 Å². The highest BCUT2D eigenvalue weighted by atomic mass is 16.5. The molecule has 0 aliphatic heterocycles. The number of nitriles is 1. The Morgan fingerprint density at radius 3 is 2.77 bits per heavy atom.